The van der Waals surface area contributed by atoms with Gasteiger partial charge >= 0.3 is 0 Å². The van der Waals surface area contributed by atoms with Gasteiger partial charge in [0.1, 0.15) is 11.5 Å². The van der Waals surface area contributed by atoms with Crippen LogP contribution < -0.4 is 5.32 Å². The zero-order chi connectivity index (χ0) is 19.2. The van der Waals surface area contributed by atoms with Gasteiger partial charge in [-0.05, 0) is 43.7 Å². The molecule has 27 heavy (non-hydrogen) atoms. The van der Waals surface area contributed by atoms with Crippen LogP contribution in [0.1, 0.15) is 22.3 Å². The maximum absolute atomic E-state index is 13.2. The van der Waals surface area contributed by atoms with Gasteiger partial charge < -0.3 is 10.1 Å². The lowest BCUT2D eigenvalue weighted by Crippen LogP contribution is -2.25. The minimum Gasteiger partial charge on any atom is -0.385 e. The van der Waals surface area contributed by atoms with Gasteiger partial charge in [0.15, 0.2) is 0 Å². The maximum atomic E-state index is 13.2. The Morgan fingerprint density at radius 2 is 2.00 bits per heavy atom. The lowest BCUT2D eigenvalue weighted by Gasteiger charge is -2.05. The van der Waals surface area contributed by atoms with Crippen LogP contribution in [0.5, 0.6) is 0 Å². The van der Waals surface area contributed by atoms with Crippen molar-refractivity contribution in [1.29, 1.82) is 0 Å². The normalized spacial score (nSPS) is 10.8. The molecule has 5 nitrogen and oxygen atoms in total. The number of aromatic nitrogens is 2. The smallest absolute Gasteiger partial charge is 0.255 e. The van der Waals surface area contributed by atoms with Crippen molar-refractivity contribution in [2.24, 2.45) is 0 Å². The molecule has 3 rings (SSSR count). The van der Waals surface area contributed by atoms with E-state index < -0.39 is 0 Å². The molecule has 0 fully saturated rings. The van der Waals surface area contributed by atoms with E-state index in [1.54, 1.807) is 30.1 Å². The largest absolute Gasteiger partial charge is 0.385 e. The number of benzene rings is 2. The van der Waals surface area contributed by atoms with Crippen molar-refractivity contribution in [2.75, 3.05) is 20.3 Å². The first-order valence-corrected chi connectivity index (χ1v) is 8.78. The highest BCUT2D eigenvalue weighted by atomic mass is 19.1. The quantitative estimate of drug-likeness (QED) is 0.647. The molecule has 0 saturated heterocycles. The number of aryl methyl sites for hydroxylation is 1. The van der Waals surface area contributed by atoms with Crippen molar-refractivity contribution in [3.05, 3.63) is 71.7 Å². The molecule has 0 spiro atoms. The average molecular weight is 367 g/mol. The SMILES string of the molecule is COCCCNC(=O)c1cn(-c2ccc(F)cc2)nc1-c1cccc(C)c1. The van der Waals surface area contributed by atoms with Gasteiger partial charge in [-0.25, -0.2) is 9.07 Å². The monoisotopic (exact) mass is 367 g/mol. The van der Waals surface area contributed by atoms with Gasteiger partial charge in [-0.15, -0.1) is 0 Å². The van der Waals surface area contributed by atoms with Gasteiger partial charge in [-0.2, -0.15) is 5.10 Å². The average Bonchev–Trinajstić information content (AvgIpc) is 3.11. The summed E-state index contributed by atoms with van der Waals surface area (Å²) in [6.45, 7) is 3.09. The second-order valence-corrected chi connectivity index (χ2v) is 6.28. The van der Waals surface area contributed by atoms with E-state index in [9.17, 15) is 9.18 Å². The van der Waals surface area contributed by atoms with E-state index in [-0.39, 0.29) is 11.7 Å². The summed E-state index contributed by atoms with van der Waals surface area (Å²) in [4.78, 5) is 12.7. The zero-order valence-electron chi connectivity index (χ0n) is 15.4. The Kier molecular flexibility index (Phi) is 5.98. The van der Waals surface area contributed by atoms with Crippen molar-refractivity contribution in [2.45, 2.75) is 13.3 Å². The molecule has 0 atom stereocenters. The molecule has 0 aliphatic carbocycles. The highest BCUT2D eigenvalue weighted by Gasteiger charge is 2.18. The van der Waals surface area contributed by atoms with Gasteiger partial charge in [0.2, 0.25) is 0 Å². The van der Waals surface area contributed by atoms with Crippen molar-refractivity contribution >= 4 is 5.91 Å². The van der Waals surface area contributed by atoms with E-state index >= 15 is 0 Å². The third-order valence-electron chi connectivity index (χ3n) is 4.15. The number of nitrogens with one attached hydrogen (secondary N) is 1. The minimum atomic E-state index is -0.319. The number of methoxy groups -OCH3 is 1. The first-order chi connectivity index (χ1) is 13.1. The van der Waals surface area contributed by atoms with Crippen LogP contribution in [0.2, 0.25) is 0 Å². The number of hydrogen-bond donors (Lipinski definition) is 1. The summed E-state index contributed by atoms with van der Waals surface area (Å²) in [5.41, 5.74) is 3.69. The second-order valence-electron chi connectivity index (χ2n) is 6.28. The minimum absolute atomic E-state index is 0.198. The Bertz CT molecular complexity index is 919. The fraction of sp³-hybridized carbons (Fsp3) is 0.238. The van der Waals surface area contributed by atoms with Crippen LogP contribution in [0.4, 0.5) is 4.39 Å². The molecule has 0 bridgehead atoms. The van der Waals surface area contributed by atoms with Gasteiger partial charge in [0.25, 0.3) is 5.91 Å². The molecular weight excluding hydrogens is 345 g/mol. The third kappa shape index (κ3) is 4.60. The summed E-state index contributed by atoms with van der Waals surface area (Å²) in [5.74, 6) is -0.517. The molecule has 1 N–H and O–H groups in total. The van der Waals surface area contributed by atoms with E-state index in [4.69, 9.17) is 4.74 Å². The second kappa shape index (κ2) is 8.60. The van der Waals surface area contributed by atoms with Crippen LogP contribution in [-0.2, 0) is 4.74 Å². The Labute approximate surface area is 157 Å². The lowest BCUT2D eigenvalue weighted by atomic mass is 10.1. The van der Waals surface area contributed by atoms with E-state index in [0.717, 1.165) is 17.5 Å². The fourth-order valence-corrected chi connectivity index (χ4v) is 2.79. The number of nitrogens with zero attached hydrogens (tertiary/aromatic N) is 2. The van der Waals surface area contributed by atoms with Crippen molar-refractivity contribution < 1.29 is 13.9 Å². The summed E-state index contributed by atoms with van der Waals surface area (Å²) >= 11 is 0. The Balaban J connectivity index is 1.96. The maximum Gasteiger partial charge on any atom is 0.255 e. The highest BCUT2D eigenvalue weighted by molar-refractivity contribution is 5.99. The molecule has 1 aromatic heterocycles. The molecule has 0 unspecified atom stereocenters. The molecule has 1 amide bonds. The number of carbonyl (C=O) groups excluding carboxylic acids is 1. The molecule has 0 aliphatic rings. The van der Waals surface area contributed by atoms with Crippen molar-refractivity contribution in [3.63, 3.8) is 0 Å². The number of hydrogen-bond acceptors (Lipinski definition) is 3. The van der Waals surface area contributed by atoms with Crippen LogP contribution in [0.25, 0.3) is 16.9 Å². The van der Waals surface area contributed by atoms with E-state index in [2.05, 4.69) is 10.4 Å². The predicted octanol–water partition coefficient (Wildman–Crippen LogP) is 3.75. The number of ether oxygens (including phenoxy) is 1. The molecule has 2 aromatic carbocycles. The molecule has 1 heterocycles. The Morgan fingerprint density at radius 1 is 1.22 bits per heavy atom. The summed E-state index contributed by atoms with van der Waals surface area (Å²) in [6.07, 6.45) is 2.41. The molecule has 6 heteroatoms. The zero-order valence-corrected chi connectivity index (χ0v) is 15.4. The Hall–Kier alpha value is -2.99. The van der Waals surface area contributed by atoms with Crippen LogP contribution >= 0.6 is 0 Å². The number of rotatable bonds is 7. The van der Waals surface area contributed by atoms with Gasteiger partial charge in [-0.1, -0.05) is 23.8 Å². The Morgan fingerprint density at radius 3 is 2.70 bits per heavy atom. The first kappa shape index (κ1) is 18.8. The van der Waals surface area contributed by atoms with Crippen molar-refractivity contribution in [3.8, 4) is 16.9 Å². The third-order valence-corrected chi connectivity index (χ3v) is 4.15. The van der Waals surface area contributed by atoms with Crippen LogP contribution in [0.15, 0.2) is 54.7 Å². The topological polar surface area (TPSA) is 56.1 Å². The van der Waals surface area contributed by atoms with Crippen molar-refractivity contribution in [1.82, 2.24) is 15.1 Å². The molecule has 3 aromatic rings. The number of amides is 1. The molecule has 0 saturated carbocycles. The fourth-order valence-electron chi connectivity index (χ4n) is 2.79. The highest BCUT2D eigenvalue weighted by Crippen LogP contribution is 2.24. The molecular formula is C21H22FN3O2. The lowest BCUT2D eigenvalue weighted by molar-refractivity contribution is 0.0949. The van der Waals surface area contributed by atoms with Gasteiger partial charge in [0, 0.05) is 32.0 Å². The molecule has 0 radical (unpaired) electrons. The van der Waals surface area contributed by atoms with E-state index in [0.29, 0.717) is 30.1 Å². The molecule has 140 valence electrons. The summed E-state index contributed by atoms with van der Waals surface area (Å²) in [5, 5.41) is 7.50. The van der Waals surface area contributed by atoms with Gasteiger partial charge in [-0.3, -0.25) is 4.79 Å². The standard InChI is InChI=1S/C21H22FN3O2/c1-15-5-3-6-16(13-15)20-19(21(26)23-11-4-12-27-2)14-25(24-20)18-9-7-17(22)8-10-18/h3,5-10,13-14H,4,11-12H2,1-2H3,(H,23,26). The van der Waals surface area contributed by atoms with E-state index in [1.807, 2.05) is 31.2 Å². The first-order valence-electron chi connectivity index (χ1n) is 8.78. The van der Waals surface area contributed by atoms with Crippen LogP contribution in [0.3, 0.4) is 0 Å². The number of halogens is 1. The van der Waals surface area contributed by atoms with Crippen LogP contribution in [0, 0.1) is 12.7 Å². The van der Waals surface area contributed by atoms with Gasteiger partial charge in [0.05, 0.1) is 11.3 Å². The number of carbonyl (C=O) groups is 1. The predicted molar refractivity (Wildman–Crippen MR) is 103 cm³/mol. The van der Waals surface area contributed by atoms with Crippen LogP contribution in [-0.4, -0.2) is 35.9 Å². The summed E-state index contributed by atoms with van der Waals surface area (Å²) < 4.78 is 19.8. The summed E-state index contributed by atoms with van der Waals surface area (Å²) in [6, 6.07) is 13.8. The molecule has 0 aliphatic heterocycles. The van der Waals surface area contributed by atoms with E-state index in [1.165, 1.54) is 12.1 Å². The summed E-state index contributed by atoms with van der Waals surface area (Å²) in [7, 11) is 1.63.